The largest absolute Gasteiger partial charge is 0.490 e. The van der Waals surface area contributed by atoms with Crippen molar-refractivity contribution >= 4 is 0 Å². The van der Waals surface area contributed by atoms with E-state index in [0.29, 0.717) is 6.10 Å². The van der Waals surface area contributed by atoms with Crippen molar-refractivity contribution in [1.29, 1.82) is 0 Å². The lowest BCUT2D eigenvalue weighted by molar-refractivity contribution is 0.302. The normalized spacial score (nSPS) is 16.3. The van der Waals surface area contributed by atoms with E-state index in [1.807, 2.05) is 43.7 Å². The van der Waals surface area contributed by atoms with Gasteiger partial charge in [0.05, 0.1) is 18.3 Å². The van der Waals surface area contributed by atoms with Crippen molar-refractivity contribution in [1.82, 2.24) is 15.2 Å². The lowest BCUT2D eigenvalue weighted by atomic mass is 10.0. The van der Waals surface area contributed by atoms with Gasteiger partial charge < -0.3 is 4.74 Å². The van der Waals surface area contributed by atoms with E-state index in [2.05, 4.69) is 10.5 Å². The average Bonchev–Trinajstić information content (AvgIpc) is 3.12. The van der Waals surface area contributed by atoms with Gasteiger partial charge in [0.1, 0.15) is 5.75 Å². The Morgan fingerprint density at radius 2 is 2.26 bits per heavy atom. The van der Waals surface area contributed by atoms with Crippen LogP contribution in [0.2, 0.25) is 0 Å². The molecule has 0 radical (unpaired) electrons. The fourth-order valence-corrected chi connectivity index (χ4v) is 2.12. The molecule has 1 heterocycles. The van der Waals surface area contributed by atoms with Crippen LogP contribution in [-0.2, 0) is 7.05 Å². The number of nitrogens with two attached hydrogens (primary N) is 1. The summed E-state index contributed by atoms with van der Waals surface area (Å²) in [5.74, 6) is 6.59. The Balaban J connectivity index is 1.85. The van der Waals surface area contributed by atoms with Crippen LogP contribution in [0.5, 0.6) is 5.75 Å². The van der Waals surface area contributed by atoms with Crippen molar-refractivity contribution in [3.05, 3.63) is 47.8 Å². The molecule has 0 amide bonds. The van der Waals surface area contributed by atoms with E-state index in [0.717, 1.165) is 29.7 Å². The third-order valence-electron chi connectivity index (χ3n) is 3.24. The van der Waals surface area contributed by atoms with Crippen molar-refractivity contribution < 1.29 is 4.74 Å². The molecule has 3 rings (SSSR count). The number of benzene rings is 1. The summed E-state index contributed by atoms with van der Waals surface area (Å²) in [5.41, 5.74) is 4.95. The molecule has 1 aromatic carbocycles. The summed E-state index contributed by atoms with van der Waals surface area (Å²) in [5, 5.41) is 4.18. The highest BCUT2D eigenvalue weighted by Gasteiger charge is 2.24. The summed E-state index contributed by atoms with van der Waals surface area (Å²) in [6.45, 7) is 0. The van der Waals surface area contributed by atoms with Crippen LogP contribution in [0.15, 0.2) is 36.7 Å². The monoisotopic (exact) mass is 258 g/mol. The van der Waals surface area contributed by atoms with Gasteiger partial charge in [-0.05, 0) is 30.5 Å². The van der Waals surface area contributed by atoms with Crippen LogP contribution in [0.1, 0.15) is 30.0 Å². The first-order valence-corrected chi connectivity index (χ1v) is 6.47. The zero-order valence-electron chi connectivity index (χ0n) is 10.9. The maximum atomic E-state index is 5.81. The molecule has 0 saturated heterocycles. The predicted molar refractivity (Wildman–Crippen MR) is 72.5 cm³/mol. The van der Waals surface area contributed by atoms with Crippen LogP contribution in [0.4, 0.5) is 0 Å². The minimum atomic E-state index is -0.0727. The zero-order valence-corrected chi connectivity index (χ0v) is 10.9. The fraction of sp³-hybridized carbons (Fsp3) is 0.357. The minimum absolute atomic E-state index is 0.0727. The van der Waals surface area contributed by atoms with E-state index < -0.39 is 0 Å². The van der Waals surface area contributed by atoms with Gasteiger partial charge in [0.25, 0.3) is 0 Å². The highest BCUT2D eigenvalue weighted by molar-refractivity contribution is 5.35. The molecule has 100 valence electrons. The first-order valence-electron chi connectivity index (χ1n) is 6.47. The molecular weight excluding hydrogens is 240 g/mol. The van der Waals surface area contributed by atoms with Crippen LogP contribution in [0.3, 0.4) is 0 Å². The van der Waals surface area contributed by atoms with Gasteiger partial charge in [-0.1, -0.05) is 12.1 Å². The first kappa shape index (κ1) is 12.2. The molecule has 0 aliphatic heterocycles. The molecular formula is C14H18N4O. The van der Waals surface area contributed by atoms with Gasteiger partial charge in [-0.25, -0.2) is 5.43 Å². The summed E-state index contributed by atoms with van der Waals surface area (Å²) in [6.07, 6.45) is 6.49. The number of hydrogen-bond acceptors (Lipinski definition) is 4. The van der Waals surface area contributed by atoms with Crippen molar-refractivity contribution in [3.8, 4) is 5.75 Å². The second-order valence-corrected chi connectivity index (χ2v) is 4.94. The summed E-state index contributed by atoms with van der Waals surface area (Å²) >= 11 is 0. The van der Waals surface area contributed by atoms with Gasteiger partial charge in [-0.2, -0.15) is 5.10 Å². The molecule has 1 aromatic heterocycles. The molecule has 1 fully saturated rings. The fourth-order valence-electron chi connectivity index (χ4n) is 2.12. The average molecular weight is 258 g/mol. The van der Waals surface area contributed by atoms with Crippen LogP contribution in [0, 0.1) is 0 Å². The van der Waals surface area contributed by atoms with E-state index in [4.69, 9.17) is 10.6 Å². The third kappa shape index (κ3) is 2.77. The summed E-state index contributed by atoms with van der Waals surface area (Å²) in [7, 11) is 1.89. The topological polar surface area (TPSA) is 65.1 Å². The first-order chi connectivity index (χ1) is 9.26. The lowest BCUT2D eigenvalue weighted by Crippen LogP contribution is -2.28. The Morgan fingerprint density at radius 3 is 2.89 bits per heavy atom. The number of hydrazine groups is 1. The molecule has 5 nitrogen and oxygen atoms in total. The Kier molecular flexibility index (Phi) is 3.23. The van der Waals surface area contributed by atoms with Crippen molar-refractivity contribution in [2.75, 3.05) is 0 Å². The van der Waals surface area contributed by atoms with E-state index >= 15 is 0 Å². The van der Waals surface area contributed by atoms with Gasteiger partial charge in [-0.15, -0.1) is 0 Å². The molecule has 1 atom stereocenters. The molecule has 3 N–H and O–H groups in total. The molecule has 1 saturated carbocycles. The van der Waals surface area contributed by atoms with Gasteiger partial charge in [-0.3, -0.25) is 10.5 Å². The van der Waals surface area contributed by atoms with Gasteiger partial charge in [0.15, 0.2) is 0 Å². The standard InChI is InChI=1S/C14H18N4O/c1-18-9-11(8-16-18)14(17-15)10-3-2-4-13(7-10)19-12-5-6-12/h2-4,7-9,12,14,17H,5-6,15H2,1H3. The molecule has 1 aliphatic rings. The van der Waals surface area contributed by atoms with E-state index in [9.17, 15) is 0 Å². The van der Waals surface area contributed by atoms with Crippen molar-refractivity contribution in [2.45, 2.75) is 25.0 Å². The van der Waals surface area contributed by atoms with Crippen LogP contribution in [0.25, 0.3) is 0 Å². The molecule has 2 aromatic rings. The third-order valence-corrected chi connectivity index (χ3v) is 3.24. The smallest absolute Gasteiger partial charge is 0.120 e. The van der Waals surface area contributed by atoms with Gasteiger partial charge >= 0.3 is 0 Å². The maximum Gasteiger partial charge on any atom is 0.120 e. The molecule has 19 heavy (non-hydrogen) atoms. The van der Waals surface area contributed by atoms with Gasteiger partial charge in [0.2, 0.25) is 0 Å². The molecule has 0 spiro atoms. The van der Waals surface area contributed by atoms with E-state index in [-0.39, 0.29) is 6.04 Å². The summed E-state index contributed by atoms with van der Waals surface area (Å²) < 4.78 is 7.58. The quantitative estimate of drug-likeness (QED) is 0.630. The molecule has 0 bridgehead atoms. The summed E-state index contributed by atoms with van der Waals surface area (Å²) in [6, 6.07) is 7.98. The molecule has 1 aliphatic carbocycles. The highest BCUT2D eigenvalue weighted by Crippen LogP contribution is 2.29. The Hall–Kier alpha value is -1.85. The lowest BCUT2D eigenvalue weighted by Gasteiger charge is -2.16. The molecule has 1 unspecified atom stereocenters. The number of ether oxygens (including phenoxy) is 1. The SMILES string of the molecule is Cn1cc(C(NN)c2cccc(OC3CC3)c2)cn1. The highest BCUT2D eigenvalue weighted by atomic mass is 16.5. The number of hydrogen-bond donors (Lipinski definition) is 2. The minimum Gasteiger partial charge on any atom is -0.490 e. The van der Waals surface area contributed by atoms with Crippen molar-refractivity contribution in [3.63, 3.8) is 0 Å². The van der Waals surface area contributed by atoms with Gasteiger partial charge in [0, 0.05) is 18.8 Å². The number of aromatic nitrogens is 2. The Morgan fingerprint density at radius 1 is 1.42 bits per heavy atom. The number of nitrogens with one attached hydrogen (secondary N) is 1. The van der Waals surface area contributed by atoms with Crippen molar-refractivity contribution in [2.24, 2.45) is 12.9 Å². The number of aryl methyl sites for hydroxylation is 1. The maximum absolute atomic E-state index is 5.81. The Labute approximate surface area is 112 Å². The van der Waals surface area contributed by atoms with E-state index in [1.165, 1.54) is 0 Å². The summed E-state index contributed by atoms with van der Waals surface area (Å²) in [4.78, 5) is 0. The Bertz CT molecular complexity index is 562. The predicted octanol–water partition coefficient (Wildman–Crippen LogP) is 1.51. The van der Waals surface area contributed by atoms with Crippen LogP contribution in [-0.4, -0.2) is 15.9 Å². The van der Waals surface area contributed by atoms with Crippen LogP contribution < -0.4 is 16.0 Å². The number of nitrogens with zero attached hydrogens (tertiary/aromatic N) is 2. The second-order valence-electron chi connectivity index (χ2n) is 4.94. The second kappa shape index (κ2) is 5.03. The van der Waals surface area contributed by atoms with Crippen LogP contribution >= 0.6 is 0 Å². The number of rotatable bonds is 5. The van der Waals surface area contributed by atoms with E-state index in [1.54, 1.807) is 4.68 Å². The molecule has 5 heteroatoms. The zero-order chi connectivity index (χ0) is 13.2.